The number of nitrogens with one attached hydrogen (secondary N) is 2. The third kappa shape index (κ3) is 6.61. The molecule has 4 nitrogen and oxygen atoms in total. The van der Waals surface area contributed by atoms with Gasteiger partial charge in [-0.05, 0) is 30.7 Å². The monoisotopic (exact) mass is 314 g/mol. The number of ether oxygens (including phenoxy) is 1. The Labute approximate surface area is 116 Å². The molecular weight excluding hydrogens is 296 g/mol. The molecule has 0 fully saturated rings. The predicted molar refractivity (Wildman–Crippen MR) is 75.8 cm³/mol. The first-order valence-electron chi connectivity index (χ1n) is 6.08. The quantitative estimate of drug-likeness (QED) is 0.721. The second-order valence-electron chi connectivity index (χ2n) is 3.83. The molecule has 0 saturated heterocycles. The number of benzene rings is 1. The highest BCUT2D eigenvalue weighted by Crippen LogP contribution is 2.15. The molecule has 1 amide bonds. The van der Waals surface area contributed by atoms with Gasteiger partial charge in [-0.2, -0.15) is 0 Å². The molecule has 0 aliphatic carbocycles. The van der Waals surface area contributed by atoms with Gasteiger partial charge in [-0.1, -0.05) is 22.9 Å². The van der Waals surface area contributed by atoms with Gasteiger partial charge in [0.25, 0.3) is 0 Å². The minimum Gasteiger partial charge on any atom is -0.492 e. The average molecular weight is 315 g/mol. The molecule has 1 rings (SSSR count). The van der Waals surface area contributed by atoms with Crippen molar-refractivity contribution < 1.29 is 9.53 Å². The van der Waals surface area contributed by atoms with E-state index in [0.29, 0.717) is 19.7 Å². The predicted octanol–water partition coefficient (Wildman–Crippen LogP) is 1.94. The Morgan fingerprint density at radius 1 is 1.28 bits per heavy atom. The van der Waals surface area contributed by atoms with E-state index < -0.39 is 0 Å². The van der Waals surface area contributed by atoms with Crippen molar-refractivity contribution in [2.24, 2.45) is 0 Å². The number of carbonyl (C=O) groups is 1. The lowest BCUT2D eigenvalue weighted by molar-refractivity contribution is -0.120. The largest absolute Gasteiger partial charge is 0.492 e. The third-order valence-corrected chi connectivity index (χ3v) is 2.75. The van der Waals surface area contributed by atoms with E-state index in [0.717, 1.165) is 23.2 Å². The van der Waals surface area contributed by atoms with Crippen LogP contribution < -0.4 is 15.4 Å². The number of hydrogen-bond donors (Lipinski definition) is 2. The second kappa shape index (κ2) is 8.94. The SMILES string of the molecule is CCCNC(=O)CNCCOc1ccc(Br)cc1. The number of amides is 1. The zero-order valence-electron chi connectivity index (χ0n) is 10.5. The van der Waals surface area contributed by atoms with Crippen LogP contribution in [0.4, 0.5) is 0 Å². The molecule has 0 aliphatic rings. The van der Waals surface area contributed by atoms with Crippen LogP contribution in [0.3, 0.4) is 0 Å². The minimum absolute atomic E-state index is 0.0282. The standard InChI is InChI=1S/C13H19BrN2O2/c1-2-7-16-13(17)10-15-8-9-18-12-5-3-11(14)4-6-12/h3-6,15H,2,7-10H2,1H3,(H,16,17). The van der Waals surface area contributed by atoms with E-state index in [4.69, 9.17) is 4.74 Å². The number of halogens is 1. The average Bonchev–Trinajstić information content (AvgIpc) is 2.38. The Morgan fingerprint density at radius 2 is 2.00 bits per heavy atom. The lowest BCUT2D eigenvalue weighted by Gasteiger charge is -2.08. The van der Waals surface area contributed by atoms with Crippen molar-refractivity contribution in [3.63, 3.8) is 0 Å². The van der Waals surface area contributed by atoms with Crippen molar-refractivity contribution in [1.29, 1.82) is 0 Å². The fourth-order valence-electron chi connectivity index (χ4n) is 1.30. The smallest absolute Gasteiger partial charge is 0.233 e. The molecule has 0 aromatic heterocycles. The molecule has 100 valence electrons. The molecule has 0 atom stereocenters. The maximum absolute atomic E-state index is 11.3. The second-order valence-corrected chi connectivity index (χ2v) is 4.74. The summed E-state index contributed by atoms with van der Waals surface area (Å²) in [6, 6.07) is 7.66. The maximum Gasteiger partial charge on any atom is 0.233 e. The first-order valence-corrected chi connectivity index (χ1v) is 6.87. The molecule has 0 unspecified atom stereocenters. The first kappa shape index (κ1) is 15.0. The van der Waals surface area contributed by atoms with Crippen LogP contribution in [-0.4, -0.2) is 32.1 Å². The number of rotatable bonds is 8. The van der Waals surface area contributed by atoms with Gasteiger partial charge in [0.15, 0.2) is 0 Å². The lowest BCUT2D eigenvalue weighted by Crippen LogP contribution is -2.35. The summed E-state index contributed by atoms with van der Waals surface area (Å²) >= 11 is 3.36. The summed E-state index contributed by atoms with van der Waals surface area (Å²) < 4.78 is 6.54. The Hall–Kier alpha value is -1.07. The van der Waals surface area contributed by atoms with Gasteiger partial charge in [0.05, 0.1) is 6.54 Å². The van der Waals surface area contributed by atoms with Crippen LogP contribution in [0.15, 0.2) is 28.7 Å². The molecule has 0 aliphatic heterocycles. The van der Waals surface area contributed by atoms with E-state index in [1.807, 2.05) is 31.2 Å². The van der Waals surface area contributed by atoms with Crippen LogP contribution in [0, 0.1) is 0 Å². The Kier molecular flexibility index (Phi) is 7.44. The van der Waals surface area contributed by atoms with E-state index in [2.05, 4.69) is 26.6 Å². The van der Waals surface area contributed by atoms with Gasteiger partial charge in [0, 0.05) is 17.6 Å². The van der Waals surface area contributed by atoms with E-state index in [1.54, 1.807) is 0 Å². The van der Waals surface area contributed by atoms with Gasteiger partial charge < -0.3 is 15.4 Å². The molecule has 0 bridgehead atoms. The Morgan fingerprint density at radius 3 is 2.67 bits per heavy atom. The van der Waals surface area contributed by atoms with Crippen molar-refractivity contribution in [2.45, 2.75) is 13.3 Å². The van der Waals surface area contributed by atoms with Crippen molar-refractivity contribution in [3.05, 3.63) is 28.7 Å². The van der Waals surface area contributed by atoms with Crippen LogP contribution in [0.5, 0.6) is 5.75 Å². The van der Waals surface area contributed by atoms with Crippen molar-refractivity contribution in [1.82, 2.24) is 10.6 Å². The highest BCUT2D eigenvalue weighted by Gasteiger charge is 1.98. The zero-order chi connectivity index (χ0) is 13.2. The van der Waals surface area contributed by atoms with E-state index >= 15 is 0 Å². The molecule has 1 aromatic rings. The molecular formula is C13H19BrN2O2. The fraction of sp³-hybridized carbons (Fsp3) is 0.462. The van der Waals surface area contributed by atoms with Crippen LogP contribution in [0.25, 0.3) is 0 Å². The molecule has 1 aromatic carbocycles. The normalized spacial score (nSPS) is 10.1. The van der Waals surface area contributed by atoms with Gasteiger partial charge in [0.2, 0.25) is 5.91 Å². The summed E-state index contributed by atoms with van der Waals surface area (Å²) in [6.45, 7) is 4.29. The van der Waals surface area contributed by atoms with E-state index in [1.165, 1.54) is 0 Å². The molecule has 0 spiro atoms. The van der Waals surface area contributed by atoms with Gasteiger partial charge in [-0.3, -0.25) is 4.79 Å². The summed E-state index contributed by atoms with van der Waals surface area (Å²) in [7, 11) is 0. The maximum atomic E-state index is 11.3. The van der Waals surface area contributed by atoms with E-state index in [9.17, 15) is 4.79 Å². The highest BCUT2D eigenvalue weighted by molar-refractivity contribution is 9.10. The van der Waals surface area contributed by atoms with Crippen molar-refractivity contribution >= 4 is 21.8 Å². The molecule has 2 N–H and O–H groups in total. The van der Waals surface area contributed by atoms with Crippen LogP contribution in [0.1, 0.15) is 13.3 Å². The highest BCUT2D eigenvalue weighted by atomic mass is 79.9. The summed E-state index contributed by atoms with van der Waals surface area (Å²) in [5, 5.41) is 5.83. The van der Waals surface area contributed by atoms with Crippen LogP contribution in [-0.2, 0) is 4.79 Å². The summed E-state index contributed by atoms with van der Waals surface area (Å²) in [6.07, 6.45) is 0.957. The van der Waals surface area contributed by atoms with Gasteiger partial charge in [0.1, 0.15) is 12.4 Å². The first-order chi connectivity index (χ1) is 8.72. The fourth-order valence-corrected chi connectivity index (χ4v) is 1.57. The van der Waals surface area contributed by atoms with Crippen LogP contribution >= 0.6 is 15.9 Å². The summed E-state index contributed by atoms with van der Waals surface area (Å²) in [5.41, 5.74) is 0. The van der Waals surface area contributed by atoms with Gasteiger partial charge in [-0.25, -0.2) is 0 Å². The summed E-state index contributed by atoms with van der Waals surface area (Å²) in [4.78, 5) is 11.3. The Balaban J connectivity index is 2.05. The molecule has 0 radical (unpaired) electrons. The minimum atomic E-state index is 0.0282. The summed E-state index contributed by atoms with van der Waals surface area (Å²) in [5.74, 6) is 0.857. The van der Waals surface area contributed by atoms with Gasteiger partial charge >= 0.3 is 0 Å². The number of carbonyl (C=O) groups excluding carboxylic acids is 1. The Bertz CT molecular complexity index is 355. The van der Waals surface area contributed by atoms with Crippen molar-refractivity contribution in [3.8, 4) is 5.75 Å². The third-order valence-electron chi connectivity index (χ3n) is 2.22. The van der Waals surface area contributed by atoms with Crippen molar-refractivity contribution in [2.75, 3.05) is 26.2 Å². The lowest BCUT2D eigenvalue weighted by atomic mass is 10.3. The number of hydrogen-bond acceptors (Lipinski definition) is 3. The van der Waals surface area contributed by atoms with Crippen LogP contribution in [0.2, 0.25) is 0 Å². The van der Waals surface area contributed by atoms with Gasteiger partial charge in [-0.15, -0.1) is 0 Å². The van der Waals surface area contributed by atoms with E-state index in [-0.39, 0.29) is 5.91 Å². The zero-order valence-corrected chi connectivity index (χ0v) is 12.1. The molecule has 0 saturated carbocycles. The topological polar surface area (TPSA) is 50.4 Å². The molecule has 5 heteroatoms. The molecule has 18 heavy (non-hydrogen) atoms. The molecule has 0 heterocycles.